The Bertz CT molecular complexity index is 991. The van der Waals surface area contributed by atoms with Crippen LogP contribution in [0.4, 0.5) is 0 Å². The van der Waals surface area contributed by atoms with E-state index in [0.717, 1.165) is 43.8 Å². The van der Waals surface area contributed by atoms with Crippen LogP contribution < -0.4 is 4.74 Å². The van der Waals surface area contributed by atoms with Crippen molar-refractivity contribution in [3.05, 3.63) is 71.5 Å². The molecule has 1 aromatic heterocycles. The smallest absolute Gasteiger partial charge is 0.173 e. The highest BCUT2D eigenvalue weighted by Crippen LogP contribution is 2.31. The van der Waals surface area contributed by atoms with Crippen LogP contribution in [0.25, 0.3) is 0 Å². The highest BCUT2D eigenvalue weighted by molar-refractivity contribution is 5.32. The number of hydrogen-bond acceptors (Lipinski definition) is 6. The van der Waals surface area contributed by atoms with E-state index >= 15 is 0 Å². The Labute approximate surface area is 196 Å². The molecule has 1 unspecified atom stereocenters. The first-order valence-electron chi connectivity index (χ1n) is 12.2. The monoisotopic (exact) mass is 446 g/mol. The van der Waals surface area contributed by atoms with E-state index < -0.39 is 0 Å². The maximum Gasteiger partial charge on any atom is 0.173 e. The largest absolute Gasteiger partial charge is 0.497 e. The molecule has 1 aliphatic heterocycles. The van der Waals surface area contributed by atoms with E-state index in [9.17, 15) is 0 Å². The Hall–Kier alpha value is -2.77. The second kappa shape index (κ2) is 10.4. The number of hydrogen-bond donors (Lipinski definition) is 0. The molecule has 0 radical (unpaired) electrons. The van der Waals surface area contributed by atoms with Crippen molar-refractivity contribution < 1.29 is 4.74 Å². The lowest BCUT2D eigenvalue weighted by atomic mass is 9.93. The summed E-state index contributed by atoms with van der Waals surface area (Å²) >= 11 is 0. The van der Waals surface area contributed by atoms with Gasteiger partial charge in [-0.3, -0.25) is 9.80 Å². The number of methoxy groups -OCH3 is 1. The third-order valence-electron chi connectivity index (χ3n) is 7.22. The Morgan fingerprint density at radius 3 is 2.33 bits per heavy atom. The maximum absolute atomic E-state index is 5.40. The molecule has 7 heteroatoms. The van der Waals surface area contributed by atoms with E-state index in [4.69, 9.17) is 4.74 Å². The van der Waals surface area contributed by atoms with Gasteiger partial charge in [0.1, 0.15) is 5.75 Å². The first kappa shape index (κ1) is 22.0. The Morgan fingerprint density at radius 2 is 1.64 bits per heavy atom. The lowest BCUT2D eigenvalue weighted by Crippen LogP contribution is -2.52. The zero-order valence-electron chi connectivity index (χ0n) is 19.5. The fraction of sp³-hybridized carbons (Fsp3) is 0.500. The minimum Gasteiger partial charge on any atom is -0.497 e. The quantitative estimate of drug-likeness (QED) is 0.551. The molecule has 7 nitrogen and oxygen atoms in total. The summed E-state index contributed by atoms with van der Waals surface area (Å²) in [4.78, 5) is 5.27. The highest BCUT2D eigenvalue weighted by atomic mass is 16.5. The van der Waals surface area contributed by atoms with Gasteiger partial charge in [0.05, 0.1) is 19.7 Å². The van der Waals surface area contributed by atoms with Crippen LogP contribution in [0.3, 0.4) is 0 Å². The molecule has 0 bridgehead atoms. The molecular formula is C26H34N6O. The predicted molar refractivity (Wildman–Crippen MR) is 128 cm³/mol. The zero-order chi connectivity index (χ0) is 22.5. The molecule has 1 saturated heterocycles. The number of benzene rings is 2. The van der Waals surface area contributed by atoms with Gasteiger partial charge in [-0.05, 0) is 46.5 Å². The molecule has 2 aliphatic rings. The second-order valence-corrected chi connectivity index (χ2v) is 9.22. The van der Waals surface area contributed by atoms with Crippen LogP contribution in [-0.4, -0.2) is 69.3 Å². The van der Waals surface area contributed by atoms with Crippen molar-refractivity contribution in [2.24, 2.45) is 0 Å². The van der Waals surface area contributed by atoms with Crippen molar-refractivity contribution in [3.8, 4) is 5.75 Å². The molecule has 1 saturated carbocycles. The summed E-state index contributed by atoms with van der Waals surface area (Å²) in [5.41, 5.74) is 2.40. The molecule has 0 spiro atoms. The van der Waals surface area contributed by atoms with Crippen molar-refractivity contribution in [1.82, 2.24) is 30.0 Å². The molecule has 0 N–H and O–H groups in total. The van der Waals surface area contributed by atoms with Crippen molar-refractivity contribution in [3.63, 3.8) is 0 Å². The van der Waals surface area contributed by atoms with Crippen molar-refractivity contribution >= 4 is 0 Å². The van der Waals surface area contributed by atoms with Crippen molar-refractivity contribution in [2.45, 2.75) is 50.7 Å². The predicted octanol–water partition coefficient (Wildman–Crippen LogP) is 3.77. The molecule has 33 heavy (non-hydrogen) atoms. The van der Waals surface area contributed by atoms with Crippen molar-refractivity contribution in [1.29, 1.82) is 0 Å². The summed E-state index contributed by atoms with van der Waals surface area (Å²) in [6.07, 6.45) is 6.88. The van der Waals surface area contributed by atoms with Gasteiger partial charge < -0.3 is 4.74 Å². The van der Waals surface area contributed by atoms with Crippen LogP contribution in [0.2, 0.25) is 0 Å². The number of nitrogens with zero attached hydrogens (tertiary/aromatic N) is 6. The van der Waals surface area contributed by atoms with Gasteiger partial charge in [0, 0.05) is 32.2 Å². The SMILES string of the molecule is COc1ccc(C(c2nnnn2Cc2ccccc2)N2CCN(C3CCCCC3)CC2)cc1. The fourth-order valence-electron chi connectivity index (χ4n) is 5.39. The van der Waals surface area contributed by atoms with Crippen LogP contribution in [-0.2, 0) is 6.54 Å². The Morgan fingerprint density at radius 1 is 0.909 bits per heavy atom. The number of piperazine rings is 1. The van der Waals surface area contributed by atoms with Gasteiger partial charge in [0.15, 0.2) is 5.82 Å². The molecule has 2 heterocycles. The van der Waals surface area contributed by atoms with Gasteiger partial charge in [-0.25, -0.2) is 4.68 Å². The summed E-state index contributed by atoms with van der Waals surface area (Å²) < 4.78 is 7.36. The second-order valence-electron chi connectivity index (χ2n) is 9.22. The molecule has 174 valence electrons. The molecule has 3 aromatic rings. The van der Waals surface area contributed by atoms with Crippen LogP contribution in [0.15, 0.2) is 54.6 Å². The normalized spacial score (nSPS) is 19.4. The van der Waals surface area contributed by atoms with Gasteiger partial charge in [0.25, 0.3) is 0 Å². The van der Waals surface area contributed by atoms with E-state index in [2.05, 4.69) is 61.7 Å². The molecule has 1 aliphatic carbocycles. The van der Waals surface area contributed by atoms with E-state index in [1.807, 2.05) is 22.9 Å². The lowest BCUT2D eigenvalue weighted by molar-refractivity contribution is 0.0620. The van der Waals surface area contributed by atoms with Gasteiger partial charge in [-0.1, -0.05) is 61.7 Å². The highest BCUT2D eigenvalue weighted by Gasteiger charge is 2.32. The summed E-state index contributed by atoms with van der Waals surface area (Å²) in [5.74, 6) is 1.76. The third-order valence-corrected chi connectivity index (χ3v) is 7.22. The van der Waals surface area contributed by atoms with Crippen molar-refractivity contribution in [2.75, 3.05) is 33.3 Å². The van der Waals surface area contributed by atoms with E-state index in [1.165, 1.54) is 43.2 Å². The minimum atomic E-state index is 0.0168. The molecular weight excluding hydrogens is 412 g/mol. The summed E-state index contributed by atoms with van der Waals surface area (Å²) in [6.45, 7) is 4.92. The van der Waals surface area contributed by atoms with Crippen LogP contribution in [0.1, 0.15) is 55.1 Å². The first-order valence-corrected chi connectivity index (χ1v) is 12.2. The van der Waals surface area contributed by atoms with Crippen LogP contribution in [0, 0.1) is 0 Å². The van der Waals surface area contributed by atoms with Gasteiger partial charge in [0.2, 0.25) is 0 Å². The number of aromatic nitrogens is 4. The minimum absolute atomic E-state index is 0.0168. The van der Waals surface area contributed by atoms with Crippen LogP contribution >= 0.6 is 0 Å². The fourth-order valence-corrected chi connectivity index (χ4v) is 5.39. The molecule has 5 rings (SSSR count). The summed E-state index contributed by atoms with van der Waals surface area (Å²) in [5, 5.41) is 13.0. The zero-order valence-corrected chi connectivity index (χ0v) is 19.5. The van der Waals surface area contributed by atoms with Crippen LogP contribution in [0.5, 0.6) is 5.75 Å². The Kier molecular flexibility index (Phi) is 6.98. The molecule has 2 fully saturated rings. The standard InChI is InChI=1S/C26H34N6O/c1-33-24-14-12-22(13-15-24)25(26-27-28-29-32(26)20-21-8-4-2-5-9-21)31-18-16-30(17-19-31)23-10-6-3-7-11-23/h2,4-5,8-9,12-15,23,25H,3,6-7,10-11,16-20H2,1H3. The topological polar surface area (TPSA) is 59.3 Å². The first-order chi connectivity index (χ1) is 16.3. The van der Waals surface area contributed by atoms with Gasteiger partial charge >= 0.3 is 0 Å². The number of tetrazole rings is 1. The van der Waals surface area contributed by atoms with E-state index in [-0.39, 0.29) is 6.04 Å². The molecule has 0 amide bonds. The van der Waals surface area contributed by atoms with Gasteiger partial charge in [-0.2, -0.15) is 0 Å². The lowest BCUT2D eigenvalue weighted by Gasteiger charge is -2.43. The molecule has 1 atom stereocenters. The number of ether oxygens (including phenoxy) is 1. The summed E-state index contributed by atoms with van der Waals surface area (Å²) in [7, 11) is 1.71. The number of rotatable bonds is 7. The average molecular weight is 447 g/mol. The third kappa shape index (κ3) is 5.09. The molecule has 2 aromatic carbocycles. The van der Waals surface area contributed by atoms with E-state index in [1.54, 1.807) is 7.11 Å². The Balaban J connectivity index is 1.39. The van der Waals surface area contributed by atoms with E-state index in [0.29, 0.717) is 6.54 Å². The van der Waals surface area contributed by atoms with Gasteiger partial charge in [-0.15, -0.1) is 5.10 Å². The maximum atomic E-state index is 5.40. The average Bonchev–Trinajstić information content (AvgIpc) is 3.33. The summed E-state index contributed by atoms with van der Waals surface area (Å²) in [6, 6.07) is 19.6.